The third-order valence-corrected chi connectivity index (χ3v) is 15.9. The Kier molecular flexibility index (Phi) is 20.2. The molecule has 55 heavy (non-hydrogen) atoms. The number of hydrogen-bond acceptors (Lipinski definition) is 4. The topological polar surface area (TPSA) is 44.8 Å². The van der Waals surface area contributed by atoms with Crippen LogP contribution in [0.2, 0.25) is 25.7 Å². The fourth-order valence-electron chi connectivity index (χ4n) is 7.91. The average Bonchev–Trinajstić information content (AvgIpc) is 3.16. The summed E-state index contributed by atoms with van der Waals surface area (Å²) in [4.78, 5) is 11.5. The minimum absolute atomic E-state index is 0.234. The molecule has 3 aromatic rings. The van der Waals surface area contributed by atoms with Gasteiger partial charge in [-0.05, 0) is 110 Å². The van der Waals surface area contributed by atoms with Crippen molar-refractivity contribution < 1.29 is 36.2 Å². The normalized spacial score (nSPS) is 15.6. The van der Waals surface area contributed by atoms with Crippen molar-refractivity contribution in [3.05, 3.63) is 77.4 Å². The molecule has 0 aliphatic heterocycles. The number of methoxy groups -OCH3 is 1. The first-order valence-electron chi connectivity index (χ1n) is 20.7. The molecule has 0 saturated heterocycles. The molecular weight excluding hydrogens is 874 g/mol. The van der Waals surface area contributed by atoms with Crippen molar-refractivity contribution in [1.29, 1.82) is 0 Å². The zero-order chi connectivity index (χ0) is 40.8. The molecule has 0 unspecified atom stereocenters. The molecule has 2 saturated carbocycles. The fraction of sp³-hybridized carbons (Fsp3) is 0.596. The van der Waals surface area contributed by atoms with E-state index in [2.05, 4.69) is 135 Å². The first-order chi connectivity index (χ1) is 26.1. The molecule has 2 fully saturated rings. The van der Waals surface area contributed by atoms with Gasteiger partial charge in [0.25, 0.3) is 0 Å². The Labute approximate surface area is 355 Å². The van der Waals surface area contributed by atoms with Crippen LogP contribution in [0.1, 0.15) is 146 Å². The SMILES string of the molecule is COc1ccc(OC(C)(C)C)c(P(C2CCCCC2)C2CCCCC2)c1-c1c(C(C)C)cccc1C(C)C.C[Si](C)(C)CCOC(=O)c1cc[c-]cc1.[Br][Pd+]. The summed E-state index contributed by atoms with van der Waals surface area (Å²) in [7, 11) is 0.356. The Morgan fingerprint density at radius 3 is 1.73 bits per heavy atom. The number of halogens is 1. The minimum atomic E-state index is -1.11. The summed E-state index contributed by atoms with van der Waals surface area (Å²) in [6, 6.07) is 22.2. The van der Waals surface area contributed by atoms with Gasteiger partial charge in [0.15, 0.2) is 0 Å². The van der Waals surface area contributed by atoms with E-state index in [-0.39, 0.29) is 11.6 Å². The van der Waals surface area contributed by atoms with E-state index < -0.39 is 16.0 Å². The van der Waals surface area contributed by atoms with E-state index in [1.807, 2.05) is 7.11 Å². The van der Waals surface area contributed by atoms with Crippen molar-refractivity contribution in [3.63, 3.8) is 0 Å². The standard InChI is InChI=1S/C35H53O2P.C12H17O2Si.BrH.Pd/c1-24(2)28-20-15-21-29(25(3)4)32(28)33-30(36-8)22-23-31(37-35(5,6)7)34(33)38(26-16-11-9-12-17-26)27-18-13-10-14-19-27;1-15(2,3)10-9-14-12(13)11-7-5-4-6-8-11;;/h15,20-27H,9-14,16-19H2,1-8H3;5-8H,9-10H2,1-3H3;1H;/q;-1;;+2/p-1. The van der Waals surface area contributed by atoms with Crippen molar-refractivity contribution >= 4 is 40.7 Å². The Balaban J connectivity index is 0.000000400. The second-order valence-electron chi connectivity index (χ2n) is 18.1. The summed E-state index contributed by atoms with van der Waals surface area (Å²) >= 11 is 5.35. The fourth-order valence-corrected chi connectivity index (χ4v) is 12.7. The molecule has 4 nitrogen and oxygen atoms in total. The molecule has 2 aliphatic rings. The van der Waals surface area contributed by atoms with Gasteiger partial charge >= 0.3 is 36.6 Å². The van der Waals surface area contributed by atoms with E-state index >= 15 is 0 Å². The number of ether oxygens (including phenoxy) is 3. The van der Waals surface area contributed by atoms with Crippen molar-refractivity contribution in [3.8, 4) is 22.6 Å². The van der Waals surface area contributed by atoms with Crippen LogP contribution < -0.4 is 14.8 Å². The van der Waals surface area contributed by atoms with Crippen LogP contribution in [0.15, 0.2) is 54.6 Å². The van der Waals surface area contributed by atoms with Gasteiger partial charge in [-0.25, -0.2) is 4.79 Å². The summed E-state index contributed by atoms with van der Waals surface area (Å²) < 4.78 is 18.4. The van der Waals surface area contributed by atoms with Crippen molar-refractivity contribution in [2.45, 2.75) is 167 Å². The Morgan fingerprint density at radius 2 is 1.29 bits per heavy atom. The summed E-state index contributed by atoms with van der Waals surface area (Å²) in [6.07, 6.45) is 13.8. The molecule has 0 heterocycles. The van der Waals surface area contributed by atoms with Crippen LogP contribution >= 0.6 is 21.4 Å². The number of carbonyl (C=O) groups excluding carboxylic acids is 1. The molecule has 0 amide bonds. The van der Waals surface area contributed by atoms with Crippen molar-refractivity contribution in [2.24, 2.45) is 0 Å². The molecule has 308 valence electrons. The summed E-state index contributed by atoms with van der Waals surface area (Å²) in [5.41, 5.74) is 7.56. The zero-order valence-electron chi connectivity index (χ0n) is 35.8. The summed E-state index contributed by atoms with van der Waals surface area (Å²) in [5.74, 6) is 2.77. The van der Waals surface area contributed by atoms with Crippen LogP contribution in [0.25, 0.3) is 11.1 Å². The molecule has 8 heteroatoms. The van der Waals surface area contributed by atoms with E-state index in [0.29, 0.717) is 24.0 Å². The quantitative estimate of drug-likeness (QED) is 0.0785. The van der Waals surface area contributed by atoms with Crippen LogP contribution in [-0.4, -0.2) is 44.7 Å². The molecule has 0 aromatic heterocycles. The molecule has 0 N–H and O–H groups in total. The predicted molar refractivity (Wildman–Crippen MR) is 240 cm³/mol. The third kappa shape index (κ3) is 14.7. The molecule has 2 aliphatic carbocycles. The van der Waals surface area contributed by atoms with E-state index in [1.165, 1.54) is 91.8 Å². The van der Waals surface area contributed by atoms with E-state index in [1.54, 1.807) is 24.3 Å². The molecule has 5 rings (SSSR count). The summed E-state index contributed by atoms with van der Waals surface area (Å²) in [6.45, 7) is 23.3. The summed E-state index contributed by atoms with van der Waals surface area (Å²) in [5, 5.41) is 1.52. The van der Waals surface area contributed by atoms with Crippen LogP contribution in [-0.2, 0) is 21.9 Å². The number of rotatable bonds is 12. The van der Waals surface area contributed by atoms with Gasteiger partial charge in [-0.15, -0.1) is 0 Å². The molecule has 0 bridgehead atoms. The first kappa shape index (κ1) is 47.9. The van der Waals surface area contributed by atoms with E-state index in [0.717, 1.165) is 28.9 Å². The van der Waals surface area contributed by atoms with Gasteiger partial charge in [-0.1, -0.05) is 112 Å². The van der Waals surface area contributed by atoms with Crippen LogP contribution in [0.3, 0.4) is 0 Å². The van der Waals surface area contributed by atoms with Gasteiger partial charge < -0.3 is 14.2 Å². The zero-order valence-corrected chi connectivity index (χ0v) is 40.8. The Morgan fingerprint density at radius 1 is 0.800 bits per heavy atom. The van der Waals surface area contributed by atoms with Gasteiger partial charge in [0.05, 0.1) is 13.7 Å². The van der Waals surface area contributed by atoms with Crippen LogP contribution in [0.4, 0.5) is 0 Å². The van der Waals surface area contributed by atoms with Gasteiger partial charge in [-0.3, -0.25) is 0 Å². The maximum atomic E-state index is 11.5. The van der Waals surface area contributed by atoms with E-state index in [4.69, 9.17) is 14.2 Å². The second-order valence-corrected chi connectivity index (χ2v) is 26.4. The van der Waals surface area contributed by atoms with Crippen molar-refractivity contribution in [2.75, 3.05) is 13.7 Å². The van der Waals surface area contributed by atoms with Crippen LogP contribution in [0.5, 0.6) is 11.5 Å². The predicted octanol–water partition coefficient (Wildman–Crippen LogP) is 14.4. The number of hydrogen-bond donors (Lipinski definition) is 0. The second kappa shape index (κ2) is 23.2. The Hall–Kier alpha value is -1.48. The van der Waals surface area contributed by atoms with Gasteiger partial charge in [0.2, 0.25) is 0 Å². The van der Waals surface area contributed by atoms with E-state index in [9.17, 15) is 4.79 Å². The van der Waals surface area contributed by atoms with Gasteiger partial charge in [-0.2, -0.15) is 30.3 Å². The molecular formula is C47H70BrO4PPdSi. The Bertz CT molecular complexity index is 1540. The first-order valence-corrected chi connectivity index (χ1v) is 29.4. The molecule has 0 atom stereocenters. The number of benzene rings is 3. The third-order valence-electron chi connectivity index (χ3n) is 10.6. The molecule has 0 radical (unpaired) electrons. The maximum absolute atomic E-state index is 11.5. The van der Waals surface area contributed by atoms with Crippen molar-refractivity contribution in [1.82, 2.24) is 0 Å². The molecule has 0 spiro atoms. The number of esters is 1. The average molecular weight is 944 g/mol. The molecule has 3 aromatic carbocycles. The monoisotopic (exact) mass is 942 g/mol. The van der Waals surface area contributed by atoms with Gasteiger partial charge in [0.1, 0.15) is 17.1 Å². The number of carbonyl (C=O) groups is 1. The van der Waals surface area contributed by atoms with Gasteiger partial charge in [0, 0.05) is 18.9 Å². The van der Waals surface area contributed by atoms with Crippen LogP contribution in [0, 0.1) is 6.07 Å².